The van der Waals surface area contributed by atoms with Crippen LogP contribution in [-0.4, -0.2) is 9.52 Å². The summed E-state index contributed by atoms with van der Waals surface area (Å²) in [7, 11) is -0.286. The van der Waals surface area contributed by atoms with Gasteiger partial charge in [-0.1, -0.05) is 0 Å². The first kappa shape index (κ1) is 27.7. The minimum Gasteiger partial charge on any atom is -1.00 e. The minimum absolute atomic E-state index is 0. The van der Waals surface area contributed by atoms with Crippen LogP contribution in [0.5, 0.6) is 0 Å². The summed E-state index contributed by atoms with van der Waals surface area (Å²) in [6.07, 6.45) is 5.36. The van der Waals surface area contributed by atoms with Gasteiger partial charge in [-0.25, -0.2) is 0 Å². The van der Waals surface area contributed by atoms with Crippen molar-refractivity contribution < 1.29 is 57.7 Å². The normalized spacial score (nSPS) is 16.8. The van der Waals surface area contributed by atoms with E-state index in [-0.39, 0.29) is 46.7 Å². The maximum Gasteiger partial charge on any atom is -1.00 e. The van der Waals surface area contributed by atoms with Crippen LogP contribution in [0.15, 0.2) is 38.8 Å². The molecular weight excluding hydrogens is 423 g/mol. The first-order valence-electron chi connectivity index (χ1n) is 8.63. The third kappa shape index (κ3) is 7.20. The van der Waals surface area contributed by atoms with E-state index in [0.717, 1.165) is 5.54 Å². The molecule has 0 fully saturated rings. The summed E-state index contributed by atoms with van der Waals surface area (Å²) in [6.45, 7) is 11.5. The number of unbranched alkanes of at least 4 members (excludes halogenated alkanes) is 2. The first-order valence-corrected chi connectivity index (χ1v) is 10.9. The van der Waals surface area contributed by atoms with Crippen molar-refractivity contribution in [3.63, 3.8) is 0 Å². The van der Waals surface area contributed by atoms with Gasteiger partial charge in [0.05, 0.1) is 0 Å². The molecule has 1 atom stereocenters. The number of benzene rings is 1. The molecule has 1 aliphatic rings. The quantitative estimate of drug-likeness (QED) is 0.303. The van der Waals surface area contributed by atoms with Gasteiger partial charge in [-0.3, -0.25) is 0 Å². The second-order valence-electron chi connectivity index (χ2n) is 6.90. The van der Waals surface area contributed by atoms with Crippen LogP contribution >= 0.6 is 0 Å². The van der Waals surface area contributed by atoms with E-state index in [1.807, 2.05) is 0 Å². The Hall–Kier alpha value is 0.501. The fourth-order valence-electron chi connectivity index (χ4n) is 3.71. The summed E-state index contributed by atoms with van der Waals surface area (Å²) in [5.74, 6) is 0. The van der Waals surface area contributed by atoms with Crippen molar-refractivity contribution >= 4 is 14.7 Å². The summed E-state index contributed by atoms with van der Waals surface area (Å²) in [6, 6.07) is 7.15. The van der Waals surface area contributed by atoms with Crippen molar-refractivity contribution in [2.24, 2.45) is 0 Å². The van der Waals surface area contributed by atoms with E-state index in [1.54, 1.807) is 25.8 Å². The fourth-order valence-corrected chi connectivity index (χ4v) is 7.38. The molecule has 0 heterocycles. The zero-order chi connectivity index (χ0) is 16.3. The van der Waals surface area contributed by atoms with Crippen LogP contribution < -0.4 is 42.4 Å². The Labute approximate surface area is 187 Å². The van der Waals surface area contributed by atoms with E-state index >= 15 is 0 Å². The Balaban J connectivity index is 0. The third-order valence-corrected chi connectivity index (χ3v) is 8.94. The van der Waals surface area contributed by atoms with E-state index in [9.17, 15) is 0 Å². The second-order valence-corrected chi connectivity index (χ2v) is 9.78. The van der Waals surface area contributed by atoms with E-state index in [0.29, 0.717) is 0 Å². The van der Waals surface area contributed by atoms with Gasteiger partial charge < -0.3 is 37.2 Å². The molecule has 0 saturated heterocycles. The number of hydrogen-bond acceptors (Lipinski definition) is 0. The second kappa shape index (κ2) is 12.8. The van der Waals surface area contributed by atoms with Crippen molar-refractivity contribution in [3.8, 4) is 0 Å². The van der Waals surface area contributed by atoms with Crippen LogP contribution in [0, 0.1) is 13.8 Å². The van der Waals surface area contributed by atoms with Crippen molar-refractivity contribution in [1.82, 2.24) is 0 Å². The maximum atomic E-state index is 2.43. The Bertz CT molecular complexity index is 603. The molecule has 0 saturated carbocycles. The van der Waals surface area contributed by atoms with Crippen molar-refractivity contribution in [3.05, 3.63) is 49.9 Å². The van der Waals surface area contributed by atoms with E-state index in [4.69, 9.17) is 0 Å². The van der Waals surface area contributed by atoms with E-state index < -0.39 is 0 Å². The van der Waals surface area contributed by atoms with Crippen LogP contribution in [0.25, 0.3) is 0 Å². The number of halogens is 3. The predicted molar refractivity (Wildman–Crippen MR) is 97.4 cm³/mol. The van der Waals surface area contributed by atoms with Gasteiger partial charge in [0.25, 0.3) is 0 Å². The average molecular weight is 452 g/mol. The molecule has 1 unspecified atom stereocenters. The standard InChI is InChI=1S/C20H29Si.3ClH.Ti/c1-6-7-8-9-19-17(5)16(4)13-20(19)21-18-11-14(2)10-15(3)12-18;;;;/h10-12,20H,6-9,21H2,1-5H3;3*1H;/q;;;;+3/p-3. The molecule has 1 aromatic rings. The number of aryl methyl sites for hydroxylation is 2. The van der Waals surface area contributed by atoms with Gasteiger partial charge in [-0.05, 0) is 0 Å². The molecule has 138 valence electrons. The molecule has 0 radical (unpaired) electrons. The molecule has 5 heteroatoms. The molecule has 25 heavy (non-hydrogen) atoms. The van der Waals surface area contributed by atoms with Gasteiger partial charge in [-0.2, -0.15) is 0 Å². The first-order chi connectivity index (χ1) is 10.4. The Kier molecular flexibility index (Phi) is 14.2. The molecule has 0 spiro atoms. The van der Waals surface area contributed by atoms with Crippen molar-refractivity contribution in [2.45, 2.75) is 65.8 Å². The van der Waals surface area contributed by atoms with Gasteiger partial charge in [0.1, 0.15) is 0 Å². The zero-order valence-corrected chi connectivity index (χ0v) is 21.2. The zero-order valence-electron chi connectivity index (χ0n) is 16.0. The summed E-state index contributed by atoms with van der Waals surface area (Å²) >= 11 is 2.38. The Morgan fingerprint density at radius 3 is 1.96 bits per heavy atom. The summed E-state index contributed by atoms with van der Waals surface area (Å²) in [5.41, 5.74) is 8.58. The summed E-state index contributed by atoms with van der Waals surface area (Å²) in [5, 5.41) is 1.64. The van der Waals surface area contributed by atoms with Crippen molar-refractivity contribution in [1.29, 1.82) is 0 Å². The number of allylic oxidation sites excluding steroid dienone is 4. The fraction of sp³-hybridized carbons (Fsp3) is 0.500. The van der Waals surface area contributed by atoms with Gasteiger partial charge in [0.2, 0.25) is 0 Å². The summed E-state index contributed by atoms with van der Waals surface area (Å²) in [4.78, 5) is 0. The monoisotopic (exact) mass is 450 g/mol. The van der Waals surface area contributed by atoms with Crippen LogP contribution in [0.1, 0.15) is 57.6 Å². The molecule has 0 amide bonds. The van der Waals surface area contributed by atoms with Crippen molar-refractivity contribution in [2.75, 3.05) is 0 Å². The summed E-state index contributed by atoms with van der Waals surface area (Å²) < 4.78 is 1.66. The molecule has 0 aromatic heterocycles. The van der Waals surface area contributed by atoms with Gasteiger partial charge in [0.15, 0.2) is 0 Å². The molecule has 1 aliphatic carbocycles. The minimum atomic E-state index is -0.286. The Morgan fingerprint density at radius 1 is 0.880 bits per heavy atom. The largest absolute Gasteiger partial charge is 1.00 e. The van der Waals surface area contributed by atoms with Gasteiger partial charge in [-0.15, -0.1) is 0 Å². The van der Waals surface area contributed by atoms with Crippen LogP contribution in [-0.2, 0) is 20.4 Å². The van der Waals surface area contributed by atoms with Crippen LogP contribution in [0.4, 0.5) is 0 Å². The van der Waals surface area contributed by atoms with Gasteiger partial charge >= 0.3 is 151 Å². The SMILES string of the molecule is CCCCCC1=C(C)C(C)=[C]([Ti+3])C1[SiH2]c1cc(C)cc(C)c1.[Cl-].[Cl-].[Cl-]. The molecule has 0 N–H and O–H groups in total. The van der Waals surface area contributed by atoms with Gasteiger partial charge in [0, 0.05) is 0 Å². The van der Waals surface area contributed by atoms with E-state index in [2.05, 4.69) is 73.3 Å². The van der Waals surface area contributed by atoms with Crippen LogP contribution in [0.2, 0.25) is 5.54 Å². The molecule has 1 aromatic carbocycles. The maximum absolute atomic E-state index is 2.43. The molecule has 2 rings (SSSR count). The van der Waals surface area contributed by atoms with Crippen LogP contribution in [0.3, 0.4) is 0 Å². The van der Waals surface area contributed by atoms with E-state index in [1.165, 1.54) is 36.8 Å². The number of hydrogen-bond donors (Lipinski definition) is 0. The molecule has 0 nitrogen and oxygen atoms in total. The molecule has 0 aliphatic heterocycles. The molecular formula is C20H29Cl3SiTi. The average Bonchev–Trinajstić information content (AvgIpc) is 2.64. The third-order valence-electron chi connectivity index (χ3n) is 4.99. The Morgan fingerprint density at radius 2 is 1.44 bits per heavy atom. The predicted octanol–water partition coefficient (Wildman–Crippen LogP) is -4.37. The topological polar surface area (TPSA) is 0 Å². The smallest absolute Gasteiger partial charge is 1.00 e. The number of rotatable bonds is 6. The molecule has 0 bridgehead atoms.